The molecule has 140 valence electrons. The Morgan fingerprint density at radius 1 is 1.04 bits per heavy atom. The van der Waals surface area contributed by atoms with E-state index >= 15 is 0 Å². The summed E-state index contributed by atoms with van der Waals surface area (Å²) in [7, 11) is 0. The first-order valence-electron chi connectivity index (χ1n) is 8.96. The molecule has 0 fully saturated rings. The number of carbonyl (C=O) groups is 1. The lowest BCUT2D eigenvalue weighted by atomic mass is 9.86. The SMILES string of the molecule is Cc1ccccc1-c1nnc(S[C@@H](C)C(=O)c2ccc(C(C)(C)C)cc2)o1. The van der Waals surface area contributed by atoms with Crippen LogP contribution in [0, 0.1) is 6.92 Å². The Hall–Kier alpha value is -2.40. The molecule has 0 saturated carbocycles. The van der Waals surface area contributed by atoms with Crippen LogP contribution in [0.15, 0.2) is 58.2 Å². The molecule has 0 radical (unpaired) electrons. The Balaban J connectivity index is 1.71. The largest absolute Gasteiger partial charge is 0.411 e. The molecule has 27 heavy (non-hydrogen) atoms. The number of hydrogen-bond acceptors (Lipinski definition) is 5. The van der Waals surface area contributed by atoms with Crippen LogP contribution in [0.3, 0.4) is 0 Å². The fourth-order valence-corrected chi connectivity index (χ4v) is 3.51. The van der Waals surface area contributed by atoms with E-state index in [-0.39, 0.29) is 16.4 Å². The predicted molar refractivity (Wildman–Crippen MR) is 109 cm³/mol. The summed E-state index contributed by atoms with van der Waals surface area (Å²) in [6.07, 6.45) is 0. The molecule has 0 N–H and O–H groups in total. The summed E-state index contributed by atoms with van der Waals surface area (Å²) >= 11 is 1.29. The van der Waals surface area contributed by atoms with E-state index in [1.165, 1.54) is 17.3 Å². The summed E-state index contributed by atoms with van der Waals surface area (Å²) in [5, 5.41) is 8.31. The second-order valence-electron chi connectivity index (χ2n) is 7.64. The van der Waals surface area contributed by atoms with Crippen molar-refractivity contribution in [2.24, 2.45) is 0 Å². The van der Waals surface area contributed by atoms with Crippen LogP contribution >= 0.6 is 11.8 Å². The van der Waals surface area contributed by atoms with Crippen LogP contribution in [0.4, 0.5) is 0 Å². The molecule has 4 nitrogen and oxygen atoms in total. The van der Waals surface area contributed by atoms with Crippen molar-refractivity contribution in [3.63, 3.8) is 0 Å². The van der Waals surface area contributed by atoms with Gasteiger partial charge in [0.05, 0.1) is 5.25 Å². The number of aromatic nitrogens is 2. The third-order valence-corrected chi connectivity index (χ3v) is 5.40. The number of rotatable bonds is 5. The number of aryl methyl sites for hydroxylation is 1. The van der Waals surface area contributed by atoms with E-state index in [2.05, 4.69) is 31.0 Å². The molecule has 0 aliphatic carbocycles. The van der Waals surface area contributed by atoms with Gasteiger partial charge in [-0.2, -0.15) is 0 Å². The third kappa shape index (κ3) is 4.48. The summed E-state index contributed by atoms with van der Waals surface area (Å²) < 4.78 is 5.76. The maximum absolute atomic E-state index is 12.7. The highest BCUT2D eigenvalue weighted by Gasteiger charge is 2.21. The smallest absolute Gasteiger partial charge is 0.277 e. The summed E-state index contributed by atoms with van der Waals surface area (Å²) in [5.41, 5.74) is 3.95. The van der Waals surface area contributed by atoms with E-state index in [0.717, 1.165) is 11.1 Å². The average Bonchev–Trinajstić information content (AvgIpc) is 3.09. The van der Waals surface area contributed by atoms with E-state index in [1.54, 1.807) is 0 Å². The minimum Gasteiger partial charge on any atom is -0.411 e. The molecule has 2 aromatic carbocycles. The molecule has 5 heteroatoms. The molecule has 0 bridgehead atoms. The maximum Gasteiger partial charge on any atom is 0.277 e. The van der Waals surface area contributed by atoms with E-state index in [9.17, 15) is 4.79 Å². The Morgan fingerprint density at radius 3 is 2.33 bits per heavy atom. The summed E-state index contributed by atoms with van der Waals surface area (Å²) in [5.74, 6) is 0.529. The van der Waals surface area contributed by atoms with Crippen LogP contribution in [0.2, 0.25) is 0 Å². The number of hydrogen-bond donors (Lipinski definition) is 0. The second kappa shape index (κ2) is 7.69. The van der Waals surface area contributed by atoms with Crippen molar-refractivity contribution in [2.45, 2.75) is 50.5 Å². The number of Topliss-reactive ketones (excluding diaryl/α,β-unsaturated/α-hetero) is 1. The van der Waals surface area contributed by atoms with Gasteiger partial charge in [0.15, 0.2) is 5.78 Å². The van der Waals surface area contributed by atoms with E-state index < -0.39 is 0 Å². The van der Waals surface area contributed by atoms with Gasteiger partial charge in [0.1, 0.15) is 0 Å². The summed E-state index contributed by atoms with van der Waals surface area (Å²) in [4.78, 5) is 12.7. The zero-order valence-electron chi connectivity index (χ0n) is 16.3. The third-order valence-electron chi connectivity index (χ3n) is 4.46. The quantitative estimate of drug-likeness (QED) is 0.419. The molecule has 1 aromatic heterocycles. The number of nitrogens with zero attached hydrogens (tertiary/aromatic N) is 2. The van der Waals surface area contributed by atoms with E-state index in [0.29, 0.717) is 16.7 Å². The molecular weight excluding hydrogens is 356 g/mol. The molecule has 0 saturated heterocycles. The monoisotopic (exact) mass is 380 g/mol. The molecule has 3 rings (SSSR count). The van der Waals surface area contributed by atoms with Gasteiger partial charge in [-0.15, -0.1) is 10.2 Å². The molecule has 1 atom stereocenters. The van der Waals surface area contributed by atoms with E-state index in [4.69, 9.17) is 4.42 Å². The van der Waals surface area contributed by atoms with Crippen molar-refractivity contribution in [3.05, 3.63) is 65.2 Å². The van der Waals surface area contributed by atoms with Crippen molar-refractivity contribution in [2.75, 3.05) is 0 Å². The van der Waals surface area contributed by atoms with Gasteiger partial charge in [-0.05, 0) is 36.5 Å². The fourth-order valence-electron chi connectivity index (χ4n) is 2.75. The van der Waals surface area contributed by atoms with Gasteiger partial charge in [0.2, 0.25) is 5.89 Å². The molecule has 0 amide bonds. The minimum absolute atomic E-state index is 0.0519. The van der Waals surface area contributed by atoms with Crippen LogP contribution in [-0.2, 0) is 5.41 Å². The lowest BCUT2D eigenvalue weighted by Crippen LogP contribution is -2.15. The zero-order valence-corrected chi connectivity index (χ0v) is 17.1. The average molecular weight is 381 g/mol. The topological polar surface area (TPSA) is 56.0 Å². The first-order chi connectivity index (χ1) is 12.8. The molecule has 0 spiro atoms. The van der Waals surface area contributed by atoms with Crippen LogP contribution in [-0.4, -0.2) is 21.2 Å². The Morgan fingerprint density at radius 2 is 1.70 bits per heavy atom. The lowest BCUT2D eigenvalue weighted by molar-refractivity contribution is 0.0993. The van der Waals surface area contributed by atoms with Crippen molar-refractivity contribution >= 4 is 17.5 Å². The minimum atomic E-state index is -0.310. The van der Waals surface area contributed by atoms with Gasteiger partial charge in [0, 0.05) is 11.1 Å². The maximum atomic E-state index is 12.7. The zero-order chi connectivity index (χ0) is 19.6. The summed E-state index contributed by atoms with van der Waals surface area (Å²) in [6.45, 7) is 10.3. The van der Waals surface area contributed by atoms with Crippen molar-refractivity contribution in [1.82, 2.24) is 10.2 Å². The Labute approximate surface area is 164 Å². The number of thioether (sulfide) groups is 1. The highest BCUT2D eigenvalue weighted by molar-refractivity contribution is 8.00. The van der Waals surface area contributed by atoms with Crippen LogP contribution in [0.5, 0.6) is 0 Å². The summed E-state index contributed by atoms with van der Waals surface area (Å²) in [6, 6.07) is 15.7. The highest BCUT2D eigenvalue weighted by atomic mass is 32.2. The van der Waals surface area contributed by atoms with E-state index in [1.807, 2.05) is 62.4 Å². The van der Waals surface area contributed by atoms with Gasteiger partial charge in [-0.25, -0.2) is 0 Å². The molecule has 0 aliphatic rings. The van der Waals surface area contributed by atoms with Crippen LogP contribution in [0.1, 0.15) is 49.2 Å². The second-order valence-corrected chi connectivity index (χ2v) is 8.93. The molecule has 0 unspecified atom stereocenters. The first-order valence-corrected chi connectivity index (χ1v) is 9.84. The normalized spacial score (nSPS) is 12.8. The number of benzene rings is 2. The van der Waals surface area contributed by atoms with Gasteiger partial charge in [0.25, 0.3) is 5.22 Å². The van der Waals surface area contributed by atoms with Crippen molar-refractivity contribution in [1.29, 1.82) is 0 Å². The van der Waals surface area contributed by atoms with Crippen LogP contribution in [0.25, 0.3) is 11.5 Å². The standard InChI is InChI=1S/C22H24N2O2S/c1-14-8-6-7-9-18(14)20-23-24-21(26-20)27-15(2)19(25)16-10-12-17(13-11-16)22(3,4)5/h6-13,15H,1-5H3/t15-/m0/s1. The van der Waals surface area contributed by atoms with Gasteiger partial charge in [-0.1, -0.05) is 75.0 Å². The Bertz CT molecular complexity index is 939. The van der Waals surface area contributed by atoms with Crippen LogP contribution < -0.4 is 0 Å². The number of ketones is 1. The predicted octanol–water partition coefficient (Wildman–Crippen LogP) is 5.71. The van der Waals surface area contributed by atoms with Gasteiger partial charge in [-0.3, -0.25) is 4.79 Å². The molecule has 0 aliphatic heterocycles. The lowest BCUT2D eigenvalue weighted by Gasteiger charge is -2.19. The molecule has 1 heterocycles. The number of carbonyl (C=O) groups excluding carboxylic acids is 1. The highest BCUT2D eigenvalue weighted by Crippen LogP contribution is 2.29. The first kappa shape index (κ1) is 19.4. The molecule has 3 aromatic rings. The Kier molecular flexibility index (Phi) is 5.51. The van der Waals surface area contributed by atoms with Crippen molar-refractivity contribution < 1.29 is 9.21 Å². The van der Waals surface area contributed by atoms with Crippen molar-refractivity contribution in [3.8, 4) is 11.5 Å². The van der Waals surface area contributed by atoms with Gasteiger partial charge < -0.3 is 4.42 Å². The fraction of sp³-hybridized carbons (Fsp3) is 0.318. The molecular formula is C22H24N2O2S. The van der Waals surface area contributed by atoms with Gasteiger partial charge >= 0.3 is 0 Å².